The summed E-state index contributed by atoms with van der Waals surface area (Å²) in [6, 6.07) is 19.5. The number of anilines is 1. The molecule has 3 rings (SSSR count). The van der Waals surface area contributed by atoms with E-state index >= 15 is 0 Å². The Labute approximate surface area is 210 Å². The third-order valence-corrected chi connectivity index (χ3v) is 8.11. The predicted molar refractivity (Wildman–Crippen MR) is 139 cm³/mol. The van der Waals surface area contributed by atoms with Gasteiger partial charge in [-0.15, -0.1) is 0 Å². The van der Waals surface area contributed by atoms with E-state index in [1.807, 2.05) is 6.92 Å². The van der Waals surface area contributed by atoms with Crippen molar-refractivity contribution >= 4 is 33.4 Å². The molecule has 0 aliphatic rings. The molecule has 1 N–H and O–H groups in total. The number of hydrogen-bond acceptors (Lipinski definition) is 5. The number of nitrogens with one attached hydrogen (secondary N) is 1. The molecule has 1 amide bonds. The number of nitrogens with zero attached hydrogens (tertiary/aromatic N) is 1. The summed E-state index contributed by atoms with van der Waals surface area (Å²) in [6.07, 6.45) is 0.724. The van der Waals surface area contributed by atoms with Gasteiger partial charge in [0.05, 0.1) is 17.7 Å². The first kappa shape index (κ1) is 26.6. The number of aryl methyl sites for hydroxylation is 1. The van der Waals surface area contributed by atoms with E-state index in [0.29, 0.717) is 18.0 Å². The molecule has 0 atom stereocenters. The van der Waals surface area contributed by atoms with Crippen LogP contribution in [0.2, 0.25) is 0 Å². The molecule has 0 bridgehead atoms. The number of hydrogen-bond donors (Lipinski definition) is 1. The first-order valence-electron chi connectivity index (χ1n) is 11.1. The second kappa shape index (κ2) is 12.6. The van der Waals surface area contributed by atoms with E-state index in [-0.39, 0.29) is 17.3 Å². The van der Waals surface area contributed by atoms with Crippen molar-refractivity contribution in [1.82, 2.24) is 5.32 Å². The lowest BCUT2D eigenvalue weighted by Gasteiger charge is -2.24. The zero-order chi connectivity index (χ0) is 25.3. The third-order valence-electron chi connectivity index (χ3n) is 5.21. The average Bonchev–Trinajstić information content (AvgIpc) is 2.86. The van der Waals surface area contributed by atoms with Crippen LogP contribution in [-0.4, -0.2) is 40.3 Å². The molecule has 6 nitrogen and oxygen atoms in total. The third kappa shape index (κ3) is 7.73. The fourth-order valence-corrected chi connectivity index (χ4v) is 5.61. The quantitative estimate of drug-likeness (QED) is 0.351. The van der Waals surface area contributed by atoms with Crippen LogP contribution >= 0.6 is 11.8 Å². The monoisotopic (exact) mass is 516 g/mol. The first-order chi connectivity index (χ1) is 16.8. The molecule has 0 aliphatic carbocycles. The smallest absolute Gasteiger partial charge is 0.264 e. The van der Waals surface area contributed by atoms with Crippen molar-refractivity contribution in [2.24, 2.45) is 0 Å². The average molecular weight is 517 g/mol. The highest BCUT2D eigenvalue weighted by Gasteiger charge is 2.27. The summed E-state index contributed by atoms with van der Waals surface area (Å²) in [7, 11) is -2.48. The van der Waals surface area contributed by atoms with E-state index in [1.165, 1.54) is 31.4 Å². The highest BCUT2D eigenvalue weighted by Crippen LogP contribution is 2.27. The van der Waals surface area contributed by atoms with Gasteiger partial charge in [-0.05, 0) is 61.1 Å². The molecule has 3 aromatic carbocycles. The molecule has 0 saturated heterocycles. The van der Waals surface area contributed by atoms with Crippen molar-refractivity contribution < 1.29 is 22.3 Å². The second-order valence-corrected chi connectivity index (χ2v) is 10.9. The van der Waals surface area contributed by atoms with Crippen molar-refractivity contribution in [2.45, 2.75) is 24.0 Å². The Morgan fingerprint density at radius 3 is 2.46 bits per heavy atom. The summed E-state index contributed by atoms with van der Waals surface area (Å²) in [5, 5.41) is 2.81. The normalized spacial score (nSPS) is 11.2. The number of ether oxygens (including phenoxy) is 1. The van der Waals surface area contributed by atoms with Crippen LogP contribution < -0.4 is 14.4 Å². The van der Waals surface area contributed by atoms with E-state index in [0.717, 1.165) is 33.4 Å². The van der Waals surface area contributed by atoms with Gasteiger partial charge in [0, 0.05) is 18.4 Å². The van der Waals surface area contributed by atoms with Crippen LogP contribution in [0.1, 0.15) is 17.5 Å². The van der Waals surface area contributed by atoms with Gasteiger partial charge in [0.1, 0.15) is 18.1 Å². The van der Waals surface area contributed by atoms with Gasteiger partial charge in [-0.25, -0.2) is 12.8 Å². The largest absolute Gasteiger partial charge is 0.497 e. The van der Waals surface area contributed by atoms with Crippen molar-refractivity contribution in [1.29, 1.82) is 0 Å². The van der Waals surface area contributed by atoms with Gasteiger partial charge in [-0.2, -0.15) is 11.8 Å². The Hall–Kier alpha value is -3.04. The zero-order valence-corrected chi connectivity index (χ0v) is 21.4. The Morgan fingerprint density at radius 2 is 1.77 bits per heavy atom. The molecule has 0 aliphatic heterocycles. The number of sulfonamides is 1. The standard InChI is InChI=1S/C26H29FN2O4S2/c1-20-7-13-25(14-8-20)35(31,32)29(23-5-3-6-24(17-23)33-2)18-26(30)28-15-4-16-34-19-21-9-11-22(27)12-10-21/h3,5-14,17H,4,15-16,18-19H2,1-2H3,(H,28,30). The van der Waals surface area contributed by atoms with Crippen LogP contribution in [0.3, 0.4) is 0 Å². The Morgan fingerprint density at radius 1 is 1.06 bits per heavy atom. The van der Waals surface area contributed by atoms with Crippen LogP contribution in [0.15, 0.2) is 77.7 Å². The lowest BCUT2D eigenvalue weighted by molar-refractivity contribution is -0.119. The maximum atomic E-state index is 13.4. The van der Waals surface area contributed by atoms with Gasteiger partial charge in [0.25, 0.3) is 10.0 Å². The number of rotatable bonds is 12. The minimum absolute atomic E-state index is 0.107. The van der Waals surface area contributed by atoms with Crippen molar-refractivity contribution in [3.05, 3.63) is 89.7 Å². The number of carbonyl (C=O) groups is 1. The van der Waals surface area contributed by atoms with Crippen LogP contribution in [0.5, 0.6) is 5.75 Å². The maximum Gasteiger partial charge on any atom is 0.264 e. The van der Waals surface area contributed by atoms with E-state index in [4.69, 9.17) is 4.74 Å². The lowest BCUT2D eigenvalue weighted by atomic mass is 10.2. The summed E-state index contributed by atoms with van der Waals surface area (Å²) in [6.45, 7) is 1.94. The number of methoxy groups -OCH3 is 1. The first-order valence-corrected chi connectivity index (χ1v) is 13.7. The molecule has 186 valence electrons. The Balaban J connectivity index is 1.61. The van der Waals surface area contributed by atoms with Crippen LogP contribution in [0.4, 0.5) is 10.1 Å². The molecule has 0 heterocycles. The lowest BCUT2D eigenvalue weighted by Crippen LogP contribution is -2.41. The van der Waals surface area contributed by atoms with Gasteiger partial charge in [-0.1, -0.05) is 35.9 Å². The molecule has 35 heavy (non-hydrogen) atoms. The molecular weight excluding hydrogens is 487 g/mol. The number of thioether (sulfide) groups is 1. The van der Waals surface area contributed by atoms with Crippen LogP contribution in [0.25, 0.3) is 0 Å². The fourth-order valence-electron chi connectivity index (χ4n) is 3.28. The summed E-state index contributed by atoms with van der Waals surface area (Å²) in [5.41, 5.74) is 2.32. The SMILES string of the molecule is COc1cccc(N(CC(=O)NCCCSCc2ccc(F)cc2)S(=O)(=O)c2ccc(C)cc2)c1. The minimum atomic E-state index is -3.98. The summed E-state index contributed by atoms with van der Waals surface area (Å²) < 4.78 is 46.2. The number of carbonyl (C=O) groups excluding carboxylic acids is 1. The van der Waals surface area contributed by atoms with E-state index in [2.05, 4.69) is 5.32 Å². The van der Waals surface area contributed by atoms with Gasteiger partial charge in [-0.3, -0.25) is 9.10 Å². The molecule has 9 heteroatoms. The molecule has 0 aromatic heterocycles. The van der Waals surface area contributed by atoms with Gasteiger partial charge in [0.2, 0.25) is 5.91 Å². The minimum Gasteiger partial charge on any atom is -0.497 e. The van der Waals surface area contributed by atoms with Crippen molar-refractivity contribution in [3.8, 4) is 5.75 Å². The number of benzene rings is 3. The second-order valence-electron chi connectivity index (χ2n) is 7.91. The molecule has 0 unspecified atom stereocenters. The van der Waals surface area contributed by atoms with E-state index in [1.54, 1.807) is 60.3 Å². The summed E-state index contributed by atoms with van der Waals surface area (Å²) in [4.78, 5) is 12.8. The molecular formula is C26H29FN2O4S2. The van der Waals surface area contributed by atoms with Crippen LogP contribution in [0, 0.1) is 12.7 Å². The predicted octanol–water partition coefficient (Wildman–Crippen LogP) is 4.78. The fraction of sp³-hybridized carbons (Fsp3) is 0.269. The Kier molecular flexibility index (Phi) is 9.56. The molecule has 0 saturated carbocycles. The highest BCUT2D eigenvalue weighted by atomic mass is 32.2. The summed E-state index contributed by atoms with van der Waals surface area (Å²) in [5.74, 6) is 1.40. The van der Waals surface area contributed by atoms with Gasteiger partial charge in [0.15, 0.2) is 0 Å². The number of halogens is 1. The van der Waals surface area contributed by atoms with Crippen molar-refractivity contribution in [3.63, 3.8) is 0 Å². The Bertz CT molecular complexity index is 1220. The zero-order valence-electron chi connectivity index (χ0n) is 19.7. The van der Waals surface area contributed by atoms with Crippen molar-refractivity contribution in [2.75, 3.05) is 30.3 Å². The molecule has 0 spiro atoms. The van der Waals surface area contributed by atoms with Crippen LogP contribution in [-0.2, 0) is 20.6 Å². The topological polar surface area (TPSA) is 75.7 Å². The van der Waals surface area contributed by atoms with Gasteiger partial charge < -0.3 is 10.1 Å². The van der Waals surface area contributed by atoms with Gasteiger partial charge >= 0.3 is 0 Å². The van der Waals surface area contributed by atoms with E-state index < -0.39 is 15.9 Å². The highest BCUT2D eigenvalue weighted by molar-refractivity contribution is 7.98. The summed E-state index contributed by atoms with van der Waals surface area (Å²) >= 11 is 1.69. The molecule has 3 aromatic rings. The number of amides is 1. The van der Waals surface area contributed by atoms with E-state index in [9.17, 15) is 17.6 Å². The molecule has 0 radical (unpaired) electrons. The maximum absolute atomic E-state index is 13.4. The molecule has 0 fully saturated rings.